The summed E-state index contributed by atoms with van der Waals surface area (Å²) in [6.07, 6.45) is 1.31. The lowest BCUT2D eigenvalue weighted by molar-refractivity contribution is -0.116. The maximum absolute atomic E-state index is 12.2. The Morgan fingerprint density at radius 1 is 0.742 bits per heavy atom. The van der Waals surface area contributed by atoms with Gasteiger partial charge in [0.05, 0.1) is 6.54 Å². The Morgan fingerprint density at radius 3 is 1.97 bits per heavy atom. The molecule has 0 spiro atoms. The van der Waals surface area contributed by atoms with Gasteiger partial charge in [0.25, 0.3) is 0 Å². The Hall–Kier alpha value is -3.80. The number of nitrogens with one attached hydrogen (secondary N) is 3. The van der Waals surface area contributed by atoms with Crippen molar-refractivity contribution >= 4 is 28.9 Å². The molecule has 31 heavy (non-hydrogen) atoms. The lowest BCUT2D eigenvalue weighted by Gasteiger charge is -2.10. The molecule has 2 amide bonds. The SMILES string of the molecule is CCCC(=O)Nc1ccc(NCC(=O)Nc2ccc(OCc3ccccc3)cc2)cc1. The first-order valence-corrected chi connectivity index (χ1v) is 10.3. The summed E-state index contributed by atoms with van der Waals surface area (Å²) in [6, 6.07) is 24.5. The largest absolute Gasteiger partial charge is 0.489 e. The van der Waals surface area contributed by atoms with Crippen LogP contribution < -0.4 is 20.7 Å². The molecule has 0 saturated heterocycles. The summed E-state index contributed by atoms with van der Waals surface area (Å²) in [4.78, 5) is 23.8. The van der Waals surface area contributed by atoms with E-state index in [2.05, 4.69) is 16.0 Å². The number of carbonyl (C=O) groups is 2. The van der Waals surface area contributed by atoms with Gasteiger partial charge in [-0.1, -0.05) is 37.3 Å². The van der Waals surface area contributed by atoms with Crippen molar-refractivity contribution in [3.8, 4) is 5.75 Å². The van der Waals surface area contributed by atoms with E-state index in [9.17, 15) is 9.59 Å². The van der Waals surface area contributed by atoms with Gasteiger partial charge >= 0.3 is 0 Å². The summed E-state index contributed by atoms with van der Waals surface area (Å²) < 4.78 is 5.75. The van der Waals surface area contributed by atoms with Crippen LogP contribution in [-0.4, -0.2) is 18.4 Å². The van der Waals surface area contributed by atoms with Crippen molar-refractivity contribution in [2.24, 2.45) is 0 Å². The van der Waals surface area contributed by atoms with Crippen LogP contribution in [0.1, 0.15) is 25.3 Å². The minimum atomic E-state index is -0.154. The van der Waals surface area contributed by atoms with Gasteiger partial charge in [-0.15, -0.1) is 0 Å². The zero-order valence-electron chi connectivity index (χ0n) is 17.6. The van der Waals surface area contributed by atoms with Crippen LogP contribution in [0.25, 0.3) is 0 Å². The molecule has 0 unspecified atom stereocenters. The number of hydrogen-bond donors (Lipinski definition) is 3. The summed E-state index contributed by atoms with van der Waals surface area (Å²) in [6.45, 7) is 2.59. The molecule has 0 aliphatic rings. The molecule has 0 bridgehead atoms. The molecule has 0 heterocycles. The molecule has 3 aromatic rings. The fourth-order valence-corrected chi connectivity index (χ4v) is 2.88. The molecule has 160 valence electrons. The first kappa shape index (κ1) is 21.9. The molecular weight excluding hydrogens is 390 g/mol. The quantitative estimate of drug-likeness (QED) is 0.431. The number of benzene rings is 3. The van der Waals surface area contributed by atoms with E-state index in [-0.39, 0.29) is 18.4 Å². The number of anilines is 3. The first-order chi connectivity index (χ1) is 15.1. The highest BCUT2D eigenvalue weighted by Crippen LogP contribution is 2.17. The van der Waals surface area contributed by atoms with Crippen molar-refractivity contribution in [1.82, 2.24) is 0 Å². The molecule has 0 radical (unpaired) electrons. The number of rotatable bonds is 10. The standard InChI is InChI=1S/C25H27N3O3/c1-2-6-24(29)27-21-11-9-20(10-12-21)26-17-25(30)28-22-13-15-23(16-14-22)31-18-19-7-4-3-5-8-19/h3-5,7-16,26H,2,6,17-18H2,1H3,(H,27,29)(H,28,30). The van der Waals surface area contributed by atoms with Gasteiger partial charge in [0.2, 0.25) is 11.8 Å². The number of amides is 2. The Kier molecular flexibility index (Phi) is 8.05. The van der Waals surface area contributed by atoms with Crippen LogP contribution in [0.15, 0.2) is 78.9 Å². The van der Waals surface area contributed by atoms with E-state index in [1.54, 1.807) is 0 Å². The van der Waals surface area contributed by atoms with Crippen LogP contribution in [0.2, 0.25) is 0 Å². The minimum Gasteiger partial charge on any atom is -0.489 e. The van der Waals surface area contributed by atoms with Crippen LogP contribution in [0.4, 0.5) is 17.1 Å². The Balaban J connectivity index is 1.41. The lowest BCUT2D eigenvalue weighted by atomic mass is 10.2. The van der Waals surface area contributed by atoms with Gasteiger partial charge in [-0.25, -0.2) is 0 Å². The van der Waals surface area contributed by atoms with E-state index < -0.39 is 0 Å². The van der Waals surface area contributed by atoms with Crippen molar-refractivity contribution in [2.75, 3.05) is 22.5 Å². The van der Waals surface area contributed by atoms with Gasteiger partial charge in [-0.2, -0.15) is 0 Å². The highest BCUT2D eigenvalue weighted by Gasteiger charge is 2.04. The summed E-state index contributed by atoms with van der Waals surface area (Å²) in [7, 11) is 0. The molecule has 0 fully saturated rings. The maximum atomic E-state index is 12.2. The maximum Gasteiger partial charge on any atom is 0.243 e. The second-order valence-corrected chi connectivity index (χ2v) is 7.08. The molecular formula is C25H27N3O3. The van der Waals surface area contributed by atoms with Crippen molar-refractivity contribution < 1.29 is 14.3 Å². The van der Waals surface area contributed by atoms with E-state index in [4.69, 9.17) is 4.74 Å². The zero-order chi connectivity index (χ0) is 21.9. The molecule has 0 aromatic heterocycles. The van der Waals surface area contributed by atoms with Gasteiger partial charge in [0.15, 0.2) is 0 Å². The predicted molar refractivity (Wildman–Crippen MR) is 124 cm³/mol. The summed E-state index contributed by atoms with van der Waals surface area (Å²) in [5.74, 6) is 0.587. The smallest absolute Gasteiger partial charge is 0.243 e. The second-order valence-electron chi connectivity index (χ2n) is 7.08. The number of hydrogen-bond acceptors (Lipinski definition) is 4. The predicted octanol–water partition coefficient (Wildman–Crippen LogP) is 5.05. The average molecular weight is 418 g/mol. The Morgan fingerprint density at radius 2 is 1.32 bits per heavy atom. The van der Waals surface area contributed by atoms with Crippen molar-refractivity contribution in [3.63, 3.8) is 0 Å². The summed E-state index contributed by atoms with van der Waals surface area (Å²) >= 11 is 0. The highest BCUT2D eigenvalue weighted by molar-refractivity contribution is 5.94. The average Bonchev–Trinajstić information content (AvgIpc) is 2.79. The third-order valence-electron chi connectivity index (χ3n) is 4.49. The third-order valence-corrected chi connectivity index (χ3v) is 4.49. The molecule has 6 heteroatoms. The summed E-state index contributed by atoms with van der Waals surface area (Å²) in [5.41, 5.74) is 3.34. The topological polar surface area (TPSA) is 79.5 Å². The van der Waals surface area contributed by atoms with E-state index in [1.807, 2.05) is 85.8 Å². The molecule has 0 aliphatic carbocycles. The van der Waals surface area contributed by atoms with Crippen LogP contribution in [-0.2, 0) is 16.2 Å². The van der Waals surface area contributed by atoms with Crippen LogP contribution in [0, 0.1) is 0 Å². The van der Waals surface area contributed by atoms with Gasteiger partial charge < -0.3 is 20.7 Å². The normalized spacial score (nSPS) is 10.2. The lowest BCUT2D eigenvalue weighted by Crippen LogP contribution is -2.21. The number of carbonyl (C=O) groups excluding carboxylic acids is 2. The molecule has 6 nitrogen and oxygen atoms in total. The van der Waals surface area contributed by atoms with Crippen molar-refractivity contribution in [1.29, 1.82) is 0 Å². The molecule has 3 rings (SSSR count). The first-order valence-electron chi connectivity index (χ1n) is 10.3. The highest BCUT2D eigenvalue weighted by atomic mass is 16.5. The van der Waals surface area contributed by atoms with Crippen molar-refractivity contribution in [3.05, 3.63) is 84.4 Å². The Bertz CT molecular complexity index is 971. The van der Waals surface area contributed by atoms with Gasteiger partial charge in [-0.05, 0) is 60.5 Å². The molecule has 3 N–H and O–H groups in total. The molecule has 0 saturated carbocycles. The molecule has 3 aromatic carbocycles. The minimum absolute atomic E-state index is 0.000860. The zero-order valence-corrected chi connectivity index (χ0v) is 17.6. The number of ether oxygens (including phenoxy) is 1. The van der Waals surface area contributed by atoms with E-state index in [0.717, 1.165) is 29.1 Å². The van der Waals surface area contributed by atoms with Crippen molar-refractivity contribution in [2.45, 2.75) is 26.4 Å². The van der Waals surface area contributed by atoms with Gasteiger partial charge in [-0.3, -0.25) is 9.59 Å². The van der Waals surface area contributed by atoms with Crippen LogP contribution in [0.5, 0.6) is 5.75 Å². The van der Waals surface area contributed by atoms with E-state index in [1.165, 1.54) is 0 Å². The Labute approximate surface area is 182 Å². The van der Waals surface area contributed by atoms with Gasteiger partial charge in [0, 0.05) is 23.5 Å². The van der Waals surface area contributed by atoms with E-state index in [0.29, 0.717) is 18.7 Å². The summed E-state index contributed by atoms with van der Waals surface area (Å²) in [5, 5.41) is 8.76. The van der Waals surface area contributed by atoms with Crippen LogP contribution in [0.3, 0.4) is 0 Å². The molecule has 0 atom stereocenters. The second kappa shape index (κ2) is 11.4. The fraction of sp³-hybridized carbons (Fsp3) is 0.200. The molecule has 0 aliphatic heterocycles. The fourth-order valence-electron chi connectivity index (χ4n) is 2.88. The van der Waals surface area contributed by atoms with Gasteiger partial charge in [0.1, 0.15) is 12.4 Å². The third kappa shape index (κ3) is 7.51. The monoisotopic (exact) mass is 417 g/mol. The van der Waals surface area contributed by atoms with Crippen LogP contribution >= 0.6 is 0 Å². The van der Waals surface area contributed by atoms with E-state index >= 15 is 0 Å².